The fourth-order valence-corrected chi connectivity index (χ4v) is 0.850. The topological polar surface area (TPSA) is 86.6 Å². The van der Waals surface area contributed by atoms with Crippen molar-refractivity contribution in [3.63, 3.8) is 0 Å². The number of carbonyl (C=O) groups excluding carboxylic acids is 2. The normalized spacial score (nSPS) is 12.0. The van der Waals surface area contributed by atoms with Crippen LogP contribution in [0.25, 0.3) is 0 Å². The summed E-state index contributed by atoms with van der Waals surface area (Å²) in [4.78, 5) is 21.5. The number of Topliss-reactive ketones (excluding diaryl/α,β-unsaturated/α-hetero) is 1. The summed E-state index contributed by atoms with van der Waals surface area (Å²) in [7, 11) is -1.70. The van der Waals surface area contributed by atoms with E-state index in [9.17, 15) is 9.59 Å². The summed E-state index contributed by atoms with van der Waals surface area (Å²) in [5.41, 5.74) is 0. The van der Waals surface area contributed by atoms with Gasteiger partial charge in [0.15, 0.2) is 0 Å². The van der Waals surface area contributed by atoms with Gasteiger partial charge in [-0.05, 0) is 6.92 Å². The Morgan fingerprint density at radius 2 is 2.00 bits per heavy atom. The fourth-order valence-electron chi connectivity index (χ4n) is 0.850. The van der Waals surface area contributed by atoms with Crippen molar-refractivity contribution in [1.29, 1.82) is 0 Å². The molecule has 0 saturated carbocycles. The van der Waals surface area contributed by atoms with Crippen molar-refractivity contribution in [2.75, 3.05) is 0 Å². The second-order valence-electron chi connectivity index (χ2n) is 2.85. The summed E-state index contributed by atoms with van der Waals surface area (Å²) in [5, 5.41) is 19.9. The predicted octanol–water partition coefficient (Wildman–Crippen LogP) is -1.13. The Kier molecular flexibility index (Phi) is 5.33. The highest BCUT2D eigenvalue weighted by Gasteiger charge is 2.25. The van der Waals surface area contributed by atoms with Crippen molar-refractivity contribution in [1.82, 2.24) is 5.32 Å². The van der Waals surface area contributed by atoms with Gasteiger partial charge in [0.1, 0.15) is 5.78 Å². The van der Waals surface area contributed by atoms with E-state index < -0.39 is 13.1 Å². The molecule has 0 spiro atoms. The lowest BCUT2D eigenvalue weighted by Gasteiger charge is -2.15. The molecule has 0 aromatic heterocycles. The van der Waals surface area contributed by atoms with Gasteiger partial charge in [0.25, 0.3) is 0 Å². The van der Waals surface area contributed by atoms with Gasteiger partial charge in [0.2, 0.25) is 5.91 Å². The zero-order chi connectivity index (χ0) is 10.4. The number of ketones is 1. The Morgan fingerprint density at radius 1 is 1.46 bits per heavy atom. The van der Waals surface area contributed by atoms with Crippen molar-refractivity contribution in [2.45, 2.75) is 32.6 Å². The molecule has 0 fully saturated rings. The largest absolute Gasteiger partial charge is 0.475 e. The van der Waals surface area contributed by atoms with Gasteiger partial charge in [-0.1, -0.05) is 6.92 Å². The van der Waals surface area contributed by atoms with Gasteiger partial charge in [-0.15, -0.1) is 0 Å². The maximum absolute atomic E-state index is 10.9. The monoisotopic (exact) mass is 187 g/mol. The van der Waals surface area contributed by atoms with Crippen LogP contribution in [0.4, 0.5) is 0 Å². The quantitative estimate of drug-likeness (QED) is 0.475. The first kappa shape index (κ1) is 12.1. The molecule has 5 nitrogen and oxygen atoms in total. The highest BCUT2D eigenvalue weighted by molar-refractivity contribution is 6.44. The number of amides is 1. The fraction of sp³-hybridized carbons (Fsp3) is 0.714. The highest BCUT2D eigenvalue weighted by Crippen LogP contribution is 1.95. The molecule has 0 heterocycles. The Bertz CT molecular complexity index is 195. The number of hydrogen-bond acceptors (Lipinski definition) is 4. The molecular formula is C7H14BNO4. The smallest absolute Gasteiger partial charge is 0.426 e. The van der Waals surface area contributed by atoms with E-state index in [4.69, 9.17) is 10.0 Å². The molecule has 0 rings (SSSR count). The lowest BCUT2D eigenvalue weighted by molar-refractivity contribution is -0.121. The van der Waals surface area contributed by atoms with Crippen molar-refractivity contribution < 1.29 is 19.6 Å². The Balaban J connectivity index is 4.09. The average Bonchev–Trinajstić information content (AvgIpc) is 2.02. The van der Waals surface area contributed by atoms with Crippen LogP contribution in [0, 0.1) is 0 Å². The number of carbonyl (C=O) groups is 2. The molecule has 74 valence electrons. The lowest BCUT2D eigenvalue weighted by atomic mass is 9.76. The van der Waals surface area contributed by atoms with Gasteiger partial charge in [0.05, 0.1) is 5.94 Å². The van der Waals surface area contributed by atoms with E-state index in [2.05, 4.69) is 5.32 Å². The molecule has 3 N–H and O–H groups in total. The molecule has 0 unspecified atom stereocenters. The van der Waals surface area contributed by atoms with Crippen LogP contribution in [0.3, 0.4) is 0 Å². The van der Waals surface area contributed by atoms with Gasteiger partial charge in [0, 0.05) is 12.8 Å². The average molecular weight is 187 g/mol. The van der Waals surface area contributed by atoms with Crippen molar-refractivity contribution in [2.24, 2.45) is 0 Å². The molecule has 6 heteroatoms. The minimum atomic E-state index is -1.70. The van der Waals surface area contributed by atoms with E-state index >= 15 is 0 Å². The van der Waals surface area contributed by atoms with Gasteiger partial charge in [-0.2, -0.15) is 0 Å². The Morgan fingerprint density at radius 3 is 2.31 bits per heavy atom. The first-order valence-electron chi connectivity index (χ1n) is 4.12. The predicted molar refractivity (Wildman–Crippen MR) is 47.7 cm³/mol. The van der Waals surface area contributed by atoms with Crippen LogP contribution in [0.1, 0.15) is 26.7 Å². The van der Waals surface area contributed by atoms with Gasteiger partial charge in [-0.3, -0.25) is 9.59 Å². The van der Waals surface area contributed by atoms with Crippen LogP contribution in [-0.2, 0) is 9.59 Å². The molecule has 0 aromatic rings. The van der Waals surface area contributed by atoms with Crippen LogP contribution in [0.2, 0.25) is 0 Å². The zero-order valence-electron chi connectivity index (χ0n) is 7.78. The molecule has 0 aliphatic rings. The molecule has 0 aliphatic heterocycles. The maximum Gasteiger partial charge on any atom is 0.475 e. The van der Waals surface area contributed by atoms with Crippen LogP contribution in [-0.4, -0.2) is 34.8 Å². The summed E-state index contributed by atoms with van der Waals surface area (Å²) < 4.78 is 0. The van der Waals surface area contributed by atoms with Gasteiger partial charge >= 0.3 is 7.12 Å². The first-order valence-corrected chi connectivity index (χ1v) is 4.12. The Hall–Kier alpha value is -0.875. The lowest BCUT2D eigenvalue weighted by Crippen LogP contribution is -2.47. The van der Waals surface area contributed by atoms with Gasteiger partial charge < -0.3 is 15.4 Å². The van der Waals surface area contributed by atoms with Crippen LogP contribution in [0.5, 0.6) is 0 Å². The van der Waals surface area contributed by atoms with Crippen molar-refractivity contribution in [3.8, 4) is 0 Å². The molecule has 0 saturated heterocycles. The molecule has 0 radical (unpaired) electrons. The summed E-state index contributed by atoms with van der Waals surface area (Å²) in [6.45, 7) is 2.97. The second-order valence-corrected chi connectivity index (χ2v) is 2.85. The SMILES string of the molecule is CCC(=O)N[C@@H](CC(C)=O)B(O)O. The van der Waals surface area contributed by atoms with Crippen molar-refractivity contribution in [3.05, 3.63) is 0 Å². The molecule has 0 aromatic carbocycles. The third kappa shape index (κ3) is 5.38. The molecule has 0 bridgehead atoms. The van der Waals surface area contributed by atoms with E-state index in [1.165, 1.54) is 6.92 Å². The summed E-state index contributed by atoms with van der Waals surface area (Å²) in [5.74, 6) is -1.40. The van der Waals surface area contributed by atoms with Crippen LogP contribution >= 0.6 is 0 Å². The molecule has 0 aliphatic carbocycles. The van der Waals surface area contributed by atoms with Crippen LogP contribution in [0.15, 0.2) is 0 Å². The van der Waals surface area contributed by atoms with E-state index in [0.717, 1.165) is 0 Å². The van der Waals surface area contributed by atoms with Crippen LogP contribution < -0.4 is 5.32 Å². The third-order valence-electron chi connectivity index (χ3n) is 1.53. The van der Waals surface area contributed by atoms with E-state index in [1.807, 2.05) is 0 Å². The number of hydrogen-bond donors (Lipinski definition) is 3. The first-order chi connectivity index (χ1) is 5.97. The maximum atomic E-state index is 10.9. The summed E-state index contributed by atoms with van der Waals surface area (Å²) >= 11 is 0. The van der Waals surface area contributed by atoms with E-state index in [-0.39, 0.29) is 24.5 Å². The third-order valence-corrected chi connectivity index (χ3v) is 1.53. The number of nitrogens with one attached hydrogen (secondary N) is 1. The molecular weight excluding hydrogens is 173 g/mol. The van der Waals surface area contributed by atoms with E-state index in [0.29, 0.717) is 0 Å². The Labute approximate surface area is 77.3 Å². The number of rotatable bonds is 5. The molecule has 1 atom stereocenters. The second kappa shape index (κ2) is 5.72. The zero-order valence-corrected chi connectivity index (χ0v) is 7.78. The highest BCUT2D eigenvalue weighted by atomic mass is 16.4. The van der Waals surface area contributed by atoms with Gasteiger partial charge in [-0.25, -0.2) is 0 Å². The minimum Gasteiger partial charge on any atom is -0.426 e. The molecule has 1 amide bonds. The standard InChI is InChI=1S/C7H14BNO4/c1-3-7(11)9-6(8(12)13)4-5(2)10/h6,12-13H,3-4H2,1-2H3,(H,9,11)/t6-/m0/s1. The van der Waals surface area contributed by atoms with Crippen molar-refractivity contribution >= 4 is 18.8 Å². The molecule has 13 heavy (non-hydrogen) atoms. The van der Waals surface area contributed by atoms with E-state index in [1.54, 1.807) is 6.92 Å². The summed E-state index contributed by atoms with van der Waals surface area (Å²) in [6, 6.07) is 0. The summed E-state index contributed by atoms with van der Waals surface area (Å²) in [6.07, 6.45) is 0.185. The minimum absolute atomic E-state index is 0.0661.